The molecule has 0 spiro atoms. The van der Waals surface area contributed by atoms with Crippen LogP contribution in [0.25, 0.3) is 0 Å². The molecule has 1 rings (SSSR count). The van der Waals surface area contributed by atoms with Crippen LogP contribution < -0.4 is 0 Å². The largest absolute Gasteiger partial charge is 0.481 e. The van der Waals surface area contributed by atoms with E-state index in [-0.39, 0.29) is 19.5 Å². The van der Waals surface area contributed by atoms with Crippen molar-refractivity contribution in [3.05, 3.63) is 0 Å². The minimum absolute atomic E-state index is 0.0683. The van der Waals surface area contributed by atoms with E-state index in [1.807, 2.05) is 0 Å². The van der Waals surface area contributed by atoms with E-state index in [0.717, 1.165) is 0 Å². The van der Waals surface area contributed by atoms with Gasteiger partial charge in [-0.2, -0.15) is 13.2 Å². The molecule has 1 heterocycles. The van der Waals surface area contributed by atoms with Gasteiger partial charge >= 0.3 is 12.1 Å². The lowest BCUT2D eigenvalue weighted by molar-refractivity contribution is -0.187. The van der Waals surface area contributed by atoms with Crippen molar-refractivity contribution >= 4 is 5.97 Å². The Balaban J connectivity index is 2.48. The minimum atomic E-state index is -4.16. The summed E-state index contributed by atoms with van der Waals surface area (Å²) in [5.74, 6) is -2.89. The van der Waals surface area contributed by atoms with Gasteiger partial charge in [0.25, 0.3) is 0 Å². The number of carbonyl (C=O) groups is 1. The van der Waals surface area contributed by atoms with Crippen LogP contribution in [-0.2, 0) is 4.79 Å². The first kappa shape index (κ1) is 13.3. The molecule has 1 aliphatic heterocycles. The Kier molecular flexibility index (Phi) is 4.18. The number of rotatable bonds is 3. The quantitative estimate of drug-likeness (QED) is 0.818. The number of hydrogen-bond acceptors (Lipinski definition) is 2. The first-order chi connectivity index (χ1) is 7.30. The van der Waals surface area contributed by atoms with Gasteiger partial charge in [0, 0.05) is 13.1 Å². The van der Waals surface area contributed by atoms with Crippen LogP contribution >= 0.6 is 0 Å². The van der Waals surface area contributed by atoms with Crippen LogP contribution in [0, 0.1) is 11.8 Å². The van der Waals surface area contributed by atoms with Gasteiger partial charge in [-0.15, -0.1) is 0 Å². The number of aliphatic carboxylic acids is 1. The zero-order valence-corrected chi connectivity index (χ0v) is 9.13. The van der Waals surface area contributed by atoms with E-state index < -0.39 is 24.0 Å². The molecule has 1 saturated heterocycles. The Morgan fingerprint density at radius 1 is 1.56 bits per heavy atom. The molecule has 1 aliphatic rings. The average Bonchev–Trinajstić information content (AvgIpc) is 2.16. The second kappa shape index (κ2) is 5.03. The molecule has 0 bridgehead atoms. The molecular formula is C10H16F3NO2. The van der Waals surface area contributed by atoms with Gasteiger partial charge in [0.1, 0.15) is 0 Å². The Morgan fingerprint density at radius 2 is 2.19 bits per heavy atom. The summed E-state index contributed by atoms with van der Waals surface area (Å²) in [6.07, 6.45) is -3.52. The van der Waals surface area contributed by atoms with Gasteiger partial charge in [-0.05, 0) is 19.4 Å². The lowest BCUT2D eigenvalue weighted by Crippen LogP contribution is -2.44. The molecule has 3 nitrogen and oxygen atoms in total. The Morgan fingerprint density at radius 3 is 2.69 bits per heavy atom. The van der Waals surface area contributed by atoms with Crippen LogP contribution in [-0.4, -0.2) is 41.8 Å². The number of carboxylic acids is 1. The second-order valence-corrected chi connectivity index (χ2v) is 4.38. The van der Waals surface area contributed by atoms with Crippen LogP contribution in [0.15, 0.2) is 0 Å². The molecule has 6 heteroatoms. The molecule has 0 amide bonds. The van der Waals surface area contributed by atoms with Crippen molar-refractivity contribution in [2.75, 3.05) is 19.6 Å². The summed E-state index contributed by atoms with van der Waals surface area (Å²) in [4.78, 5) is 12.2. The van der Waals surface area contributed by atoms with Gasteiger partial charge in [0.05, 0.1) is 11.8 Å². The van der Waals surface area contributed by atoms with E-state index in [9.17, 15) is 18.0 Å². The van der Waals surface area contributed by atoms with Crippen LogP contribution in [0.3, 0.4) is 0 Å². The molecular weight excluding hydrogens is 223 g/mol. The Labute approximate surface area is 92.2 Å². The minimum Gasteiger partial charge on any atom is -0.481 e. The highest BCUT2D eigenvalue weighted by atomic mass is 19.4. The predicted molar refractivity (Wildman–Crippen MR) is 52.0 cm³/mol. The van der Waals surface area contributed by atoms with Gasteiger partial charge < -0.3 is 10.0 Å². The molecule has 0 aromatic carbocycles. The Hall–Kier alpha value is -0.780. The first-order valence-electron chi connectivity index (χ1n) is 5.32. The molecule has 2 unspecified atom stereocenters. The molecule has 94 valence electrons. The molecule has 0 aromatic rings. The van der Waals surface area contributed by atoms with E-state index in [1.165, 1.54) is 6.92 Å². The van der Waals surface area contributed by atoms with Crippen molar-refractivity contribution in [1.82, 2.24) is 4.90 Å². The first-order valence-corrected chi connectivity index (χ1v) is 5.32. The number of alkyl halides is 3. The molecule has 0 aromatic heterocycles. The van der Waals surface area contributed by atoms with Crippen molar-refractivity contribution in [2.24, 2.45) is 11.8 Å². The van der Waals surface area contributed by atoms with Gasteiger partial charge in [0.2, 0.25) is 0 Å². The van der Waals surface area contributed by atoms with Crippen LogP contribution in [0.1, 0.15) is 19.8 Å². The number of hydrogen-bond donors (Lipinski definition) is 1. The van der Waals surface area contributed by atoms with E-state index in [4.69, 9.17) is 5.11 Å². The van der Waals surface area contributed by atoms with Gasteiger partial charge in [-0.25, -0.2) is 0 Å². The predicted octanol–water partition coefficient (Wildman–Crippen LogP) is 1.98. The highest BCUT2D eigenvalue weighted by Crippen LogP contribution is 2.33. The zero-order chi connectivity index (χ0) is 12.3. The number of likely N-dealkylation sites (tertiary alicyclic amines) is 1. The highest BCUT2D eigenvalue weighted by Gasteiger charge is 2.41. The van der Waals surface area contributed by atoms with Crippen molar-refractivity contribution in [2.45, 2.75) is 25.9 Å². The number of halogens is 3. The van der Waals surface area contributed by atoms with Crippen molar-refractivity contribution in [3.8, 4) is 0 Å². The summed E-state index contributed by atoms with van der Waals surface area (Å²) in [7, 11) is 0. The maximum Gasteiger partial charge on any atom is 0.393 e. The summed E-state index contributed by atoms with van der Waals surface area (Å²) in [5.41, 5.74) is 0. The third-order valence-corrected chi connectivity index (χ3v) is 2.92. The normalized spacial score (nSPS) is 25.4. The summed E-state index contributed by atoms with van der Waals surface area (Å²) in [5, 5.41) is 8.69. The molecule has 1 N–H and O–H groups in total. The van der Waals surface area contributed by atoms with Gasteiger partial charge in [-0.1, -0.05) is 6.92 Å². The number of piperidine rings is 1. The van der Waals surface area contributed by atoms with E-state index >= 15 is 0 Å². The molecule has 1 fully saturated rings. The molecule has 0 aliphatic carbocycles. The van der Waals surface area contributed by atoms with E-state index in [0.29, 0.717) is 13.0 Å². The SMILES string of the molecule is CC(CN1CCCC(C(F)(F)F)C1)C(=O)O. The summed E-state index contributed by atoms with van der Waals surface area (Å²) in [6.45, 7) is 2.20. The fourth-order valence-corrected chi connectivity index (χ4v) is 1.95. The van der Waals surface area contributed by atoms with E-state index in [1.54, 1.807) is 4.90 Å². The third-order valence-electron chi connectivity index (χ3n) is 2.92. The number of carboxylic acid groups (broad SMARTS) is 1. The fraction of sp³-hybridized carbons (Fsp3) is 0.900. The van der Waals surface area contributed by atoms with Crippen LogP contribution in [0.2, 0.25) is 0 Å². The molecule has 0 radical (unpaired) electrons. The lowest BCUT2D eigenvalue weighted by Gasteiger charge is -2.34. The maximum absolute atomic E-state index is 12.5. The third kappa shape index (κ3) is 3.66. The second-order valence-electron chi connectivity index (χ2n) is 4.38. The van der Waals surface area contributed by atoms with Crippen molar-refractivity contribution in [1.29, 1.82) is 0 Å². The summed E-state index contributed by atoms with van der Waals surface area (Å²) >= 11 is 0. The van der Waals surface area contributed by atoms with Crippen molar-refractivity contribution < 1.29 is 23.1 Å². The van der Waals surface area contributed by atoms with Gasteiger partial charge in [0.15, 0.2) is 0 Å². The maximum atomic E-state index is 12.5. The van der Waals surface area contributed by atoms with E-state index in [2.05, 4.69) is 0 Å². The molecule has 2 atom stereocenters. The Bertz CT molecular complexity index is 255. The average molecular weight is 239 g/mol. The smallest absolute Gasteiger partial charge is 0.393 e. The summed E-state index contributed by atoms with van der Waals surface area (Å²) < 4.78 is 37.4. The van der Waals surface area contributed by atoms with Crippen LogP contribution in [0.5, 0.6) is 0 Å². The lowest BCUT2D eigenvalue weighted by atomic mass is 9.96. The van der Waals surface area contributed by atoms with Crippen molar-refractivity contribution in [3.63, 3.8) is 0 Å². The number of nitrogens with zero attached hydrogens (tertiary/aromatic N) is 1. The van der Waals surface area contributed by atoms with Crippen LogP contribution in [0.4, 0.5) is 13.2 Å². The molecule has 16 heavy (non-hydrogen) atoms. The molecule has 0 saturated carbocycles. The standard InChI is InChI=1S/C10H16F3NO2/c1-7(9(15)16)5-14-4-2-3-8(6-14)10(11,12)13/h7-8H,2-6H2,1H3,(H,15,16). The fourth-order valence-electron chi connectivity index (χ4n) is 1.95. The highest BCUT2D eigenvalue weighted by molar-refractivity contribution is 5.69. The monoisotopic (exact) mass is 239 g/mol. The zero-order valence-electron chi connectivity index (χ0n) is 9.13. The van der Waals surface area contributed by atoms with Gasteiger partial charge in [-0.3, -0.25) is 4.79 Å². The topological polar surface area (TPSA) is 40.5 Å². The summed E-state index contributed by atoms with van der Waals surface area (Å²) in [6, 6.07) is 0.